The van der Waals surface area contributed by atoms with E-state index in [2.05, 4.69) is 0 Å². The fraction of sp³-hybridized carbons (Fsp3) is 0.444. The molecule has 2 heterocycles. The van der Waals surface area contributed by atoms with Crippen molar-refractivity contribution in [2.45, 2.75) is 43.5 Å². The van der Waals surface area contributed by atoms with E-state index < -0.39 is 10.0 Å². The second-order valence-electron chi connectivity index (χ2n) is 5.94. The number of para-hydroxylation sites is 1. The predicted molar refractivity (Wildman–Crippen MR) is 91.6 cm³/mol. The van der Waals surface area contributed by atoms with Crippen molar-refractivity contribution in [3.63, 3.8) is 0 Å². The van der Waals surface area contributed by atoms with Crippen LogP contribution >= 0.6 is 0 Å². The van der Waals surface area contributed by atoms with Gasteiger partial charge in [-0.2, -0.15) is 4.31 Å². The van der Waals surface area contributed by atoms with Crippen LogP contribution in [0.3, 0.4) is 0 Å². The lowest BCUT2D eigenvalue weighted by atomic mass is 10.0. The number of hydrogen-bond acceptors (Lipinski definition) is 4. The Bertz CT molecular complexity index is 797. The minimum atomic E-state index is -3.65. The molecule has 1 atom stereocenters. The number of nitrogens with zero attached hydrogens (tertiary/aromatic N) is 1. The van der Waals surface area contributed by atoms with Crippen LogP contribution in [-0.2, 0) is 16.4 Å². The number of benzene rings is 1. The van der Waals surface area contributed by atoms with Gasteiger partial charge in [0.1, 0.15) is 22.2 Å². The monoisotopic (exact) mass is 349 g/mol. The second kappa shape index (κ2) is 6.99. The third-order valence-electron chi connectivity index (χ3n) is 4.47. The van der Waals surface area contributed by atoms with E-state index in [1.807, 2.05) is 19.1 Å². The van der Waals surface area contributed by atoms with Gasteiger partial charge in [0.25, 0.3) is 0 Å². The highest BCUT2D eigenvalue weighted by molar-refractivity contribution is 7.89. The van der Waals surface area contributed by atoms with E-state index in [4.69, 9.17) is 9.15 Å². The van der Waals surface area contributed by atoms with Gasteiger partial charge in [-0.15, -0.1) is 0 Å². The lowest BCUT2D eigenvalue weighted by Gasteiger charge is -2.33. The molecule has 130 valence electrons. The van der Waals surface area contributed by atoms with E-state index in [0.717, 1.165) is 37.2 Å². The average molecular weight is 349 g/mol. The van der Waals surface area contributed by atoms with Crippen LogP contribution in [0, 0.1) is 0 Å². The first-order valence-electron chi connectivity index (χ1n) is 8.31. The van der Waals surface area contributed by atoms with Gasteiger partial charge in [-0.25, -0.2) is 8.42 Å². The van der Waals surface area contributed by atoms with E-state index in [-0.39, 0.29) is 10.9 Å². The molecule has 1 aliphatic heterocycles. The molecule has 1 aromatic carbocycles. The Labute approximate surface area is 143 Å². The zero-order valence-electron chi connectivity index (χ0n) is 14.1. The van der Waals surface area contributed by atoms with Crippen molar-refractivity contribution < 1.29 is 17.6 Å². The van der Waals surface area contributed by atoms with Crippen LogP contribution < -0.4 is 4.74 Å². The molecule has 0 saturated carbocycles. The molecule has 1 saturated heterocycles. The molecule has 0 spiro atoms. The standard InChI is InChI=1S/C18H23NO4S/c1-3-14-11-12-16(23-14)15-8-6-7-13-19(15)24(20,21)18-10-5-4-9-17(18)22-2/h4-5,9-12,15H,3,6-8,13H2,1-2H3/t15-/m1/s1. The Morgan fingerprint density at radius 1 is 1.21 bits per heavy atom. The number of aryl methyl sites for hydroxylation is 1. The van der Waals surface area contributed by atoms with Crippen molar-refractivity contribution in [2.24, 2.45) is 0 Å². The van der Waals surface area contributed by atoms with Crippen molar-refractivity contribution in [1.29, 1.82) is 0 Å². The van der Waals surface area contributed by atoms with Crippen LogP contribution in [0.5, 0.6) is 5.75 Å². The van der Waals surface area contributed by atoms with Crippen molar-refractivity contribution >= 4 is 10.0 Å². The van der Waals surface area contributed by atoms with Crippen molar-refractivity contribution in [1.82, 2.24) is 4.31 Å². The first-order chi connectivity index (χ1) is 11.6. The first kappa shape index (κ1) is 17.0. The van der Waals surface area contributed by atoms with Gasteiger partial charge in [0.05, 0.1) is 13.2 Å². The molecule has 24 heavy (non-hydrogen) atoms. The molecule has 0 amide bonds. The normalized spacial score (nSPS) is 19.3. The lowest BCUT2D eigenvalue weighted by Crippen LogP contribution is -2.38. The van der Waals surface area contributed by atoms with Gasteiger partial charge >= 0.3 is 0 Å². The maximum Gasteiger partial charge on any atom is 0.247 e. The molecule has 0 radical (unpaired) electrons. The quantitative estimate of drug-likeness (QED) is 0.824. The summed E-state index contributed by atoms with van der Waals surface area (Å²) in [6, 6.07) is 10.3. The van der Waals surface area contributed by atoms with Crippen molar-refractivity contribution in [3.8, 4) is 5.75 Å². The summed E-state index contributed by atoms with van der Waals surface area (Å²) in [7, 11) is -2.16. The van der Waals surface area contributed by atoms with E-state index in [1.54, 1.807) is 28.6 Å². The molecule has 1 aliphatic rings. The average Bonchev–Trinajstić information content (AvgIpc) is 3.10. The Morgan fingerprint density at radius 3 is 2.71 bits per heavy atom. The molecule has 5 nitrogen and oxygen atoms in total. The second-order valence-corrected chi connectivity index (χ2v) is 7.79. The number of sulfonamides is 1. The maximum atomic E-state index is 13.2. The van der Waals surface area contributed by atoms with Crippen molar-refractivity contribution in [3.05, 3.63) is 47.9 Å². The zero-order chi connectivity index (χ0) is 17.2. The third kappa shape index (κ3) is 3.08. The smallest absolute Gasteiger partial charge is 0.247 e. The fourth-order valence-electron chi connectivity index (χ4n) is 3.20. The van der Waals surface area contributed by atoms with Crippen LogP contribution in [0.2, 0.25) is 0 Å². The summed E-state index contributed by atoms with van der Waals surface area (Å²) < 4.78 is 39.1. The number of rotatable bonds is 5. The van der Waals surface area contributed by atoms with Crippen molar-refractivity contribution in [2.75, 3.05) is 13.7 Å². The number of ether oxygens (including phenoxy) is 1. The topological polar surface area (TPSA) is 59.8 Å². The molecule has 0 aliphatic carbocycles. The van der Waals surface area contributed by atoms with E-state index >= 15 is 0 Å². The van der Waals surface area contributed by atoms with Gasteiger partial charge in [0.2, 0.25) is 10.0 Å². The Balaban J connectivity index is 2.00. The van der Waals surface area contributed by atoms with Gasteiger partial charge in [-0.3, -0.25) is 0 Å². The summed E-state index contributed by atoms with van der Waals surface area (Å²) in [4.78, 5) is 0.210. The minimum Gasteiger partial charge on any atom is -0.495 e. The maximum absolute atomic E-state index is 13.2. The van der Waals surface area contributed by atoms with Crippen LogP contribution in [0.25, 0.3) is 0 Å². The molecule has 1 fully saturated rings. The van der Waals surface area contributed by atoms with E-state index in [1.165, 1.54) is 7.11 Å². The number of hydrogen-bond donors (Lipinski definition) is 0. The Hall–Kier alpha value is -1.79. The first-order valence-corrected chi connectivity index (χ1v) is 9.75. The highest BCUT2D eigenvalue weighted by atomic mass is 32.2. The van der Waals surface area contributed by atoms with E-state index in [0.29, 0.717) is 12.3 Å². The number of methoxy groups -OCH3 is 1. The fourth-order valence-corrected chi connectivity index (χ4v) is 5.02. The third-order valence-corrected chi connectivity index (χ3v) is 6.42. The summed E-state index contributed by atoms with van der Waals surface area (Å²) in [5, 5.41) is 0. The van der Waals surface area contributed by atoms with Crippen LogP contribution in [0.1, 0.15) is 43.7 Å². The Morgan fingerprint density at radius 2 is 2.00 bits per heavy atom. The van der Waals surface area contributed by atoms with Gasteiger partial charge in [0, 0.05) is 13.0 Å². The van der Waals surface area contributed by atoms with Crippen LogP contribution in [0.15, 0.2) is 45.7 Å². The highest BCUT2D eigenvalue weighted by Gasteiger charge is 2.37. The lowest BCUT2D eigenvalue weighted by molar-refractivity contribution is 0.222. The van der Waals surface area contributed by atoms with Gasteiger partial charge < -0.3 is 9.15 Å². The molecule has 0 bridgehead atoms. The molecular formula is C18H23NO4S. The van der Waals surface area contributed by atoms with Crippen LogP contribution in [0.4, 0.5) is 0 Å². The summed E-state index contributed by atoms with van der Waals surface area (Å²) >= 11 is 0. The van der Waals surface area contributed by atoms with Gasteiger partial charge in [-0.05, 0) is 37.1 Å². The highest BCUT2D eigenvalue weighted by Crippen LogP contribution is 2.38. The summed E-state index contributed by atoms with van der Waals surface area (Å²) in [6.07, 6.45) is 3.41. The number of furan rings is 1. The van der Waals surface area contributed by atoms with Crippen LogP contribution in [-0.4, -0.2) is 26.4 Å². The largest absolute Gasteiger partial charge is 0.495 e. The summed E-state index contributed by atoms with van der Waals surface area (Å²) in [5.41, 5.74) is 0. The van der Waals surface area contributed by atoms with Gasteiger partial charge in [0.15, 0.2) is 0 Å². The van der Waals surface area contributed by atoms with E-state index in [9.17, 15) is 8.42 Å². The van der Waals surface area contributed by atoms with Gasteiger partial charge in [-0.1, -0.05) is 25.5 Å². The molecule has 2 aromatic rings. The molecule has 6 heteroatoms. The summed E-state index contributed by atoms with van der Waals surface area (Å²) in [5.74, 6) is 1.98. The molecular weight excluding hydrogens is 326 g/mol. The molecule has 3 rings (SSSR count). The predicted octanol–water partition coefficient (Wildman–Crippen LogP) is 3.77. The minimum absolute atomic E-state index is 0.210. The molecule has 0 N–H and O–H groups in total. The number of piperidine rings is 1. The summed E-state index contributed by atoms with van der Waals surface area (Å²) in [6.45, 7) is 2.51. The molecule has 0 unspecified atom stereocenters. The SMILES string of the molecule is CCc1ccc([C@H]2CCCCN2S(=O)(=O)c2ccccc2OC)o1. The zero-order valence-corrected chi connectivity index (χ0v) is 14.9. The molecule has 1 aromatic heterocycles. The Kier molecular flexibility index (Phi) is 4.96.